The van der Waals surface area contributed by atoms with Gasteiger partial charge in [-0.25, -0.2) is 23.4 Å². The third kappa shape index (κ3) is 6.13. The Labute approximate surface area is 233 Å². The molecule has 1 atom stereocenters. The molecular weight excluding hydrogens is 536 g/mol. The lowest BCUT2D eigenvalue weighted by atomic mass is 10.1. The quantitative estimate of drug-likeness (QED) is 0.254. The van der Waals surface area contributed by atoms with Gasteiger partial charge in [0.1, 0.15) is 10.6 Å². The minimum atomic E-state index is -3.87. The zero-order chi connectivity index (χ0) is 27.4. The highest BCUT2D eigenvalue weighted by atomic mass is 35.5. The summed E-state index contributed by atoms with van der Waals surface area (Å²) in [6.07, 6.45) is 5.54. The van der Waals surface area contributed by atoms with Gasteiger partial charge in [0.15, 0.2) is 0 Å². The third-order valence-electron chi connectivity index (χ3n) is 6.65. The fourth-order valence-corrected chi connectivity index (χ4v) is 6.03. The van der Waals surface area contributed by atoms with Gasteiger partial charge in [0.05, 0.1) is 22.0 Å². The molecule has 9 nitrogen and oxygen atoms in total. The van der Waals surface area contributed by atoms with E-state index in [9.17, 15) is 8.42 Å². The first kappa shape index (κ1) is 26.9. The number of pyridine rings is 1. The first-order valence-electron chi connectivity index (χ1n) is 12.6. The van der Waals surface area contributed by atoms with E-state index >= 15 is 0 Å². The Kier molecular flexibility index (Phi) is 7.97. The number of hydrogen-bond acceptors (Lipinski definition) is 8. The molecule has 0 bridgehead atoms. The number of hydrogen-bond donors (Lipinski definition) is 3. The molecule has 5 rings (SSSR count). The van der Waals surface area contributed by atoms with Crippen LogP contribution in [-0.2, 0) is 10.0 Å². The Balaban J connectivity index is 1.39. The van der Waals surface area contributed by atoms with Crippen molar-refractivity contribution in [1.82, 2.24) is 20.3 Å². The molecule has 1 saturated heterocycles. The maximum atomic E-state index is 13.0. The molecule has 1 fully saturated rings. The second-order valence-corrected chi connectivity index (χ2v) is 11.4. The molecule has 0 aliphatic carbocycles. The zero-order valence-electron chi connectivity index (χ0n) is 21.6. The van der Waals surface area contributed by atoms with Gasteiger partial charge in [0.2, 0.25) is 11.8 Å². The van der Waals surface area contributed by atoms with Crippen LogP contribution in [0.4, 0.5) is 11.6 Å². The van der Waals surface area contributed by atoms with Crippen molar-refractivity contribution in [3.05, 3.63) is 83.1 Å². The smallest absolute Gasteiger partial charge is 0.263 e. The topological polar surface area (TPSA) is 118 Å². The standard InChI is InChI=1S/C28H29ClN6O3S/c1-18-19(2)25(12-11-23(18)35-39(36,37)26-10-4-3-9-22(26)29)38-27-21(8-6-15-31-27)24-13-16-32-28(34-24)33-20-7-5-14-30-17-20/h3-4,6,8-13,15-16,20,30,35H,5,7,14,17H2,1-2H3,(H,32,33,34). The van der Waals surface area contributed by atoms with Crippen LogP contribution in [0.5, 0.6) is 11.6 Å². The van der Waals surface area contributed by atoms with Crippen molar-refractivity contribution in [1.29, 1.82) is 0 Å². The predicted molar refractivity (Wildman–Crippen MR) is 153 cm³/mol. The van der Waals surface area contributed by atoms with Crippen molar-refractivity contribution in [3.8, 4) is 22.9 Å². The molecule has 0 radical (unpaired) electrons. The van der Waals surface area contributed by atoms with Crippen LogP contribution in [0.2, 0.25) is 5.02 Å². The molecule has 39 heavy (non-hydrogen) atoms. The number of benzene rings is 2. The molecule has 11 heteroatoms. The average Bonchev–Trinajstić information content (AvgIpc) is 2.94. The van der Waals surface area contributed by atoms with E-state index in [1.807, 2.05) is 32.0 Å². The summed E-state index contributed by atoms with van der Waals surface area (Å²) in [7, 11) is -3.87. The number of anilines is 2. The first-order valence-corrected chi connectivity index (χ1v) is 14.5. The van der Waals surface area contributed by atoms with E-state index in [1.54, 1.807) is 42.7 Å². The summed E-state index contributed by atoms with van der Waals surface area (Å²) in [6, 6.07) is 15.5. The van der Waals surface area contributed by atoms with Crippen LogP contribution in [0, 0.1) is 13.8 Å². The molecule has 0 spiro atoms. The lowest BCUT2D eigenvalue weighted by molar-refractivity contribution is 0.461. The monoisotopic (exact) mass is 564 g/mol. The number of piperidine rings is 1. The van der Waals surface area contributed by atoms with Gasteiger partial charge >= 0.3 is 0 Å². The lowest BCUT2D eigenvalue weighted by Gasteiger charge is -2.23. The van der Waals surface area contributed by atoms with Crippen molar-refractivity contribution in [2.75, 3.05) is 23.1 Å². The number of aromatic nitrogens is 3. The number of rotatable bonds is 8. The molecule has 0 saturated carbocycles. The van der Waals surface area contributed by atoms with Gasteiger partial charge in [-0.1, -0.05) is 23.7 Å². The van der Waals surface area contributed by atoms with Gasteiger partial charge in [-0.05, 0) is 86.8 Å². The van der Waals surface area contributed by atoms with Gasteiger partial charge in [-0.2, -0.15) is 0 Å². The van der Waals surface area contributed by atoms with Gasteiger partial charge in [0, 0.05) is 25.0 Å². The first-order chi connectivity index (χ1) is 18.8. The Morgan fingerprint density at radius 1 is 1.00 bits per heavy atom. The Morgan fingerprint density at radius 2 is 1.85 bits per heavy atom. The van der Waals surface area contributed by atoms with Crippen LogP contribution in [-0.4, -0.2) is 42.5 Å². The number of ether oxygens (including phenoxy) is 1. The average molecular weight is 565 g/mol. The van der Waals surface area contributed by atoms with Crippen LogP contribution in [0.3, 0.4) is 0 Å². The molecule has 1 aliphatic rings. The highest BCUT2D eigenvalue weighted by Crippen LogP contribution is 2.35. The Morgan fingerprint density at radius 3 is 2.64 bits per heavy atom. The maximum Gasteiger partial charge on any atom is 0.263 e. The summed E-state index contributed by atoms with van der Waals surface area (Å²) < 4.78 is 34.8. The highest BCUT2D eigenvalue weighted by Gasteiger charge is 2.21. The van der Waals surface area contributed by atoms with Gasteiger partial charge in [0.25, 0.3) is 10.0 Å². The predicted octanol–water partition coefficient (Wildman–Crippen LogP) is 5.57. The van der Waals surface area contributed by atoms with Crippen molar-refractivity contribution < 1.29 is 13.2 Å². The van der Waals surface area contributed by atoms with Crippen molar-refractivity contribution in [2.45, 2.75) is 37.6 Å². The van der Waals surface area contributed by atoms with E-state index in [1.165, 1.54) is 6.07 Å². The molecule has 4 aromatic rings. The molecule has 2 aromatic heterocycles. The van der Waals surface area contributed by atoms with E-state index in [2.05, 4.69) is 25.3 Å². The largest absolute Gasteiger partial charge is 0.438 e. The van der Waals surface area contributed by atoms with Crippen LogP contribution in [0.1, 0.15) is 24.0 Å². The zero-order valence-corrected chi connectivity index (χ0v) is 23.2. The SMILES string of the molecule is Cc1c(NS(=O)(=O)c2ccccc2Cl)ccc(Oc2ncccc2-c2ccnc(NC3CCCNC3)n2)c1C. The summed E-state index contributed by atoms with van der Waals surface area (Å²) in [5.74, 6) is 1.49. The molecule has 2 aromatic carbocycles. The van der Waals surface area contributed by atoms with Crippen LogP contribution < -0.4 is 20.1 Å². The molecule has 3 N–H and O–H groups in total. The van der Waals surface area contributed by atoms with Crippen LogP contribution in [0.15, 0.2) is 71.9 Å². The van der Waals surface area contributed by atoms with Gasteiger partial charge in [-0.3, -0.25) is 4.72 Å². The summed E-state index contributed by atoms with van der Waals surface area (Å²) in [5, 5.41) is 6.94. The molecule has 3 heterocycles. The molecule has 1 aliphatic heterocycles. The van der Waals surface area contributed by atoms with E-state index in [4.69, 9.17) is 21.3 Å². The Bertz CT molecular complexity index is 1590. The Hall–Kier alpha value is -3.73. The molecule has 1 unspecified atom stereocenters. The van der Waals surface area contributed by atoms with Crippen LogP contribution in [0.25, 0.3) is 11.3 Å². The number of nitrogens with one attached hydrogen (secondary N) is 3. The third-order valence-corrected chi connectivity index (χ3v) is 8.51. The second-order valence-electron chi connectivity index (χ2n) is 9.31. The fraction of sp³-hybridized carbons (Fsp3) is 0.250. The number of nitrogens with zero attached hydrogens (tertiary/aromatic N) is 3. The lowest BCUT2D eigenvalue weighted by Crippen LogP contribution is -2.38. The summed E-state index contributed by atoms with van der Waals surface area (Å²) in [5.41, 5.74) is 3.31. The number of sulfonamides is 1. The van der Waals surface area contributed by atoms with E-state index < -0.39 is 10.0 Å². The normalized spacial score (nSPS) is 15.5. The molecular formula is C28H29ClN6O3S. The number of halogens is 1. The van der Waals surface area contributed by atoms with Crippen molar-refractivity contribution in [2.24, 2.45) is 0 Å². The molecule has 0 amide bonds. The van der Waals surface area contributed by atoms with E-state index in [-0.39, 0.29) is 16.0 Å². The van der Waals surface area contributed by atoms with E-state index in [0.717, 1.165) is 37.1 Å². The minimum absolute atomic E-state index is 0.0145. The fourth-order valence-electron chi connectivity index (χ4n) is 4.39. The van der Waals surface area contributed by atoms with Crippen LogP contribution >= 0.6 is 11.6 Å². The van der Waals surface area contributed by atoms with Crippen molar-refractivity contribution in [3.63, 3.8) is 0 Å². The van der Waals surface area contributed by atoms with Gasteiger partial charge in [-0.15, -0.1) is 0 Å². The van der Waals surface area contributed by atoms with E-state index in [0.29, 0.717) is 34.5 Å². The summed E-state index contributed by atoms with van der Waals surface area (Å²) in [6.45, 7) is 5.60. The summed E-state index contributed by atoms with van der Waals surface area (Å²) in [4.78, 5) is 13.6. The minimum Gasteiger partial charge on any atom is -0.438 e. The second kappa shape index (κ2) is 11.6. The summed E-state index contributed by atoms with van der Waals surface area (Å²) >= 11 is 6.12. The van der Waals surface area contributed by atoms with Crippen molar-refractivity contribution >= 4 is 33.3 Å². The highest BCUT2D eigenvalue weighted by molar-refractivity contribution is 7.92. The maximum absolute atomic E-state index is 13.0. The van der Waals surface area contributed by atoms with Gasteiger partial charge < -0.3 is 15.4 Å². The molecule has 202 valence electrons.